The highest BCUT2D eigenvalue weighted by atomic mass is 16.5. The topological polar surface area (TPSA) is 57.9 Å². The summed E-state index contributed by atoms with van der Waals surface area (Å²) in [5.74, 6) is 2.10. The molecule has 106 valence electrons. The Morgan fingerprint density at radius 2 is 1.80 bits per heavy atom. The van der Waals surface area contributed by atoms with E-state index in [1.165, 1.54) is 21.3 Å². The fraction of sp³-hybridized carbons (Fsp3) is 0.400. The minimum atomic E-state index is -0.0310. The fourth-order valence-corrected chi connectivity index (χ4v) is 2.76. The summed E-state index contributed by atoms with van der Waals surface area (Å²) >= 11 is 0. The van der Waals surface area contributed by atoms with Gasteiger partial charge in [-0.05, 0) is 12.8 Å². The van der Waals surface area contributed by atoms with Crippen molar-refractivity contribution < 1.29 is 18.6 Å². The van der Waals surface area contributed by atoms with E-state index >= 15 is 0 Å². The number of ether oxygens (including phenoxy) is 3. The van der Waals surface area contributed by atoms with Crippen molar-refractivity contribution in [2.75, 3.05) is 21.3 Å². The van der Waals surface area contributed by atoms with Crippen LogP contribution < -0.4 is 19.6 Å². The highest BCUT2D eigenvalue weighted by molar-refractivity contribution is 5.91. The van der Waals surface area contributed by atoms with Gasteiger partial charge in [0.15, 0.2) is 16.8 Å². The van der Waals surface area contributed by atoms with E-state index in [0.29, 0.717) is 28.2 Å². The lowest BCUT2D eigenvalue weighted by atomic mass is 10.1. The molecule has 0 amide bonds. The second kappa shape index (κ2) is 4.74. The molecule has 1 aliphatic carbocycles. The highest BCUT2D eigenvalue weighted by Crippen LogP contribution is 2.41. The van der Waals surface area contributed by atoms with Gasteiger partial charge in [0.2, 0.25) is 5.75 Å². The van der Waals surface area contributed by atoms with Crippen LogP contribution in [0, 0.1) is 0 Å². The quantitative estimate of drug-likeness (QED) is 0.861. The van der Waals surface area contributed by atoms with Crippen LogP contribution in [0.4, 0.5) is 0 Å². The predicted octanol–water partition coefficient (Wildman–Crippen LogP) is 2.31. The SMILES string of the molecule is COc1cc(OC)c2c(=O)c3c(oc2c1OC)CCC3. The molecule has 0 unspecified atom stereocenters. The number of rotatable bonds is 3. The molecule has 0 fully saturated rings. The zero-order chi connectivity index (χ0) is 14.3. The Hall–Kier alpha value is -2.17. The molecule has 0 bridgehead atoms. The van der Waals surface area contributed by atoms with E-state index in [1.807, 2.05) is 0 Å². The first-order valence-corrected chi connectivity index (χ1v) is 6.48. The van der Waals surface area contributed by atoms with Crippen molar-refractivity contribution in [3.8, 4) is 17.2 Å². The van der Waals surface area contributed by atoms with Crippen LogP contribution in [-0.2, 0) is 12.8 Å². The second-order valence-corrected chi connectivity index (χ2v) is 4.70. The second-order valence-electron chi connectivity index (χ2n) is 4.70. The van der Waals surface area contributed by atoms with Gasteiger partial charge in [0.05, 0.1) is 21.3 Å². The van der Waals surface area contributed by atoms with Gasteiger partial charge in [-0.2, -0.15) is 0 Å². The van der Waals surface area contributed by atoms with Crippen LogP contribution in [0.3, 0.4) is 0 Å². The highest BCUT2D eigenvalue weighted by Gasteiger charge is 2.25. The maximum Gasteiger partial charge on any atom is 0.205 e. The average Bonchev–Trinajstić information content (AvgIpc) is 2.94. The monoisotopic (exact) mass is 276 g/mol. The van der Waals surface area contributed by atoms with Crippen LogP contribution in [0.2, 0.25) is 0 Å². The van der Waals surface area contributed by atoms with Gasteiger partial charge in [-0.1, -0.05) is 0 Å². The summed E-state index contributed by atoms with van der Waals surface area (Å²) in [7, 11) is 4.58. The molecule has 2 aromatic rings. The molecule has 0 aliphatic heterocycles. The van der Waals surface area contributed by atoms with Crippen LogP contribution in [0.5, 0.6) is 17.2 Å². The van der Waals surface area contributed by atoms with E-state index in [4.69, 9.17) is 18.6 Å². The van der Waals surface area contributed by atoms with Crippen LogP contribution in [0.15, 0.2) is 15.3 Å². The summed E-state index contributed by atoms with van der Waals surface area (Å²) in [6.07, 6.45) is 2.47. The summed E-state index contributed by atoms with van der Waals surface area (Å²) in [5, 5.41) is 0.422. The molecule has 5 nitrogen and oxygen atoms in total. The molecule has 0 atom stereocenters. The fourth-order valence-electron chi connectivity index (χ4n) is 2.76. The maximum absolute atomic E-state index is 12.6. The van der Waals surface area contributed by atoms with E-state index in [-0.39, 0.29) is 5.43 Å². The Kier molecular flexibility index (Phi) is 3.04. The van der Waals surface area contributed by atoms with Gasteiger partial charge in [-0.25, -0.2) is 0 Å². The molecule has 20 heavy (non-hydrogen) atoms. The van der Waals surface area contributed by atoms with Gasteiger partial charge >= 0.3 is 0 Å². The van der Waals surface area contributed by atoms with E-state index in [2.05, 4.69) is 0 Å². The van der Waals surface area contributed by atoms with Gasteiger partial charge in [-0.3, -0.25) is 4.79 Å². The standard InChI is InChI=1S/C15H16O5/c1-17-10-7-11(18-2)14(19-3)15-12(10)13(16)8-5-4-6-9(8)20-15/h7H,4-6H2,1-3H3. The largest absolute Gasteiger partial charge is 0.496 e. The maximum atomic E-state index is 12.6. The first-order chi connectivity index (χ1) is 9.71. The predicted molar refractivity (Wildman–Crippen MR) is 74.2 cm³/mol. The van der Waals surface area contributed by atoms with E-state index in [9.17, 15) is 4.79 Å². The van der Waals surface area contributed by atoms with Crippen molar-refractivity contribution >= 4 is 11.0 Å². The Morgan fingerprint density at radius 3 is 2.45 bits per heavy atom. The summed E-state index contributed by atoms with van der Waals surface area (Å²) in [6, 6.07) is 1.65. The molecular weight excluding hydrogens is 260 g/mol. The number of methoxy groups -OCH3 is 3. The third-order valence-corrected chi connectivity index (χ3v) is 3.70. The third-order valence-electron chi connectivity index (χ3n) is 3.70. The zero-order valence-electron chi connectivity index (χ0n) is 11.7. The number of fused-ring (bicyclic) bond motifs is 2. The molecule has 1 aromatic heterocycles. The third kappa shape index (κ3) is 1.66. The zero-order valence-corrected chi connectivity index (χ0v) is 11.7. The summed E-state index contributed by atoms with van der Waals surface area (Å²) in [5.41, 5.74) is 1.12. The van der Waals surface area contributed by atoms with Crippen LogP contribution >= 0.6 is 0 Å². The molecule has 1 aromatic carbocycles. The first kappa shape index (κ1) is 12.8. The molecule has 0 N–H and O–H groups in total. The summed E-state index contributed by atoms with van der Waals surface area (Å²) < 4.78 is 21.9. The Bertz CT molecular complexity index is 729. The van der Waals surface area contributed by atoms with Crippen molar-refractivity contribution in [1.82, 2.24) is 0 Å². The minimum Gasteiger partial charge on any atom is -0.496 e. The normalized spacial score (nSPS) is 13.3. The molecule has 5 heteroatoms. The van der Waals surface area contributed by atoms with Crippen molar-refractivity contribution in [3.63, 3.8) is 0 Å². The van der Waals surface area contributed by atoms with E-state index in [1.54, 1.807) is 6.07 Å². The van der Waals surface area contributed by atoms with Crippen molar-refractivity contribution in [3.05, 3.63) is 27.6 Å². The molecular formula is C15H16O5. The number of hydrogen-bond donors (Lipinski definition) is 0. The molecule has 3 rings (SSSR count). The lowest BCUT2D eigenvalue weighted by molar-refractivity contribution is 0.346. The minimum absolute atomic E-state index is 0.0310. The van der Waals surface area contributed by atoms with Crippen molar-refractivity contribution in [2.24, 2.45) is 0 Å². The molecule has 0 saturated heterocycles. The summed E-state index contributed by atoms with van der Waals surface area (Å²) in [4.78, 5) is 12.6. The molecule has 0 saturated carbocycles. The summed E-state index contributed by atoms with van der Waals surface area (Å²) in [6.45, 7) is 0. The van der Waals surface area contributed by atoms with Crippen LogP contribution in [0.1, 0.15) is 17.7 Å². The van der Waals surface area contributed by atoms with Crippen LogP contribution in [-0.4, -0.2) is 21.3 Å². The van der Waals surface area contributed by atoms with Gasteiger partial charge in [0, 0.05) is 18.1 Å². The lowest BCUT2D eigenvalue weighted by Crippen LogP contribution is -2.10. The number of benzene rings is 1. The van der Waals surface area contributed by atoms with Gasteiger partial charge in [-0.15, -0.1) is 0 Å². The smallest absolute Gasteiger partial charge is 0.205 e. The van der Waals surface area contributed by atoms with E-state index in [0.717, 1.165) is 30.6 Å². The van der Waals surface area contributed by atoms with E-state index < -0.39 is 0 Å². The molecule has 1 aliphatic rings. The number of aryl methyl sites for hydroxylation is 1. The Labute approximate surface area is 116 Å². The first-order valence-electron chi connectivity index (χ1n) is 6.48. The van der Waals surface area contributed by atoms with Crippen molar-refractivity contribution in [2.45, 2.75) is 19.3 Å². The lowest BCUT2D eigenvalue weighted by Gasteiger charge is -2.13. The van der Waals surface area contributed by atoms with Gasteiger partial charge < -0.3 is 18.6 Å². The average molecular weight is 276 g/mol. The van der Waals surface area contributed by atoms with Crippen LogP contribution in [0.25, 0.3) is 11.0 Å². The number of hydrogen-bond acceptors (Lipinski definition) is 5. The molecule has 0 spiro atoms. The molecule has 0 radical (unpaired) electrons. The Morgan fingerprint density at radius 1 is 1.05 bits per heavy atom. The Balaban J connectivity index is 2.49. The van der Waals surface area contributed by atoms with Gasteiger partial charge in [0.25, 0.3) is 0 Å². The molecule has 1 heterocycles. The van der Waals surface area contributed by atoms with Gasteiger partial charge in [0.1, 0.15) is 16.9 Å². The van der Waals surface area contributed by atoms with Crippen molar-refractivity contribution in [1.29, 1.82) is 0 Å².